The molecular formula is C31H59NO4Sn. The van der Waals surface area contributed by atoms with Gasteiger partial charge in [0.25, 0.3) is 0 Å². The molecule has 0 heterocycles. The van der Waals surface area contributed by atoms with E-state index in [1.807, 2.05) is 41.5 Å². The second-order valence-electron chi connectivity index (χ2n) is 13.5. The number of carbonyl (C=O) groups is 2. The molecule has 1 fully saturated rings. The Morgan fingerprint density at radius 1 is 0.919 bits per heavy atom. The number of amides is 1. The topological polar surface area (TPSA) is 64.6 Å². The van der Waals surface area contributed by atoms with E-state index in [1.54, 1.807) is 3.59 Å². The average molecular weight is 629 g/mol. The molecule has 3 atom stereocenters. The van der Waals surface area contributed by atoms with E-state index in [9.17, 15) is 9.59 Å². The Kier molecular flexibility index (Phi) is 14.6. The van der Waals surface area contributed by atoms with Crippen LogP contribution in [0.1, 0.15) is 127 Å². The maximum absolute atomic E-state index is 12.7. The Morgan fingerprint density at radius 2 is 1.43 bits per heavy atom. The van der Waals surface area contributed by atoms with Crippen molar-refractivity contribution in [3.05, 3.63) is 10.2 Å². The van der Waals surface area contributed by atoms with E-state index in [-0.39, 0.29) is 6.10 Å². The van der Waals surface area contributed by atoms with Gasteiger partial charge in [0.15, 0.2) is 0 Å². The Bertz CT molecular complexity index is 700. The van der Waals surface area contributed by atoms with Crippen LogP contribution in [0, 0.1) is 11.3 Å². The van der Waals surface area contributed by atoms with Crippen LogP contribution >= 0.6 is 0 Å². The van der Waals surface area contributed by atoms with Crippen LogP contribution in [0.3, 0.4) is 0 Å². The predicted octanol–water partition coefficient (Wildman–Crippen LogP) is 8.97. The molecule has 0 aromatic rings. The fraction of sp³-hybridized carbons (Fsp3) is 0.871. The summed E-state index contributed by atoms with van der Waals surface area (Å²) in [4.78, 5) is 25.3. The molecule has 1 rings (SSSR count). The maximum atomic E-state index is 12.7. The van der Waals surface area contributed by atoms with Crippen LogP contribution in [0.25, 0.3) is 0 Å². The van der Waals surface area contributed by atoms with Crippen molar-refractivity contribution in [2.75, 3.05) is 0 Å². The first-order valence-corrected chi connectivity index (χ1v) is 22.6. The van der Waals surface area contributed by atoms with Gasteiger partial charge >= 0.3 is 208 Å². The molecule has 0 radical (unpaired) electrons. The van der Waals surface area contributed by atoms with E-state index >= 15 is 0 Å². The van der Waals surface area contributed by atoms with Crippen molar-refractivity contribution >= 4 is 30.4 Å². The second kappa shape index (κ2) is 15.8. The zero-order valence-electron chi connectivity index (χ0n) is 25.8. The summed E-state index contributed by atoms with van der Waals surface area (Å²) in [5.74, 6) is 0.00602. The molecule has 0 saturated heterocycles. The first-order chi connectivity index (χ1) is 17.2. The van der Waals surface area contributed by atoms with Crippen LogP contribution < -0.4 is 5.32 Å². The summed E-state index contributed by atoms with van der Waals surface area (Å²) in [6.45, 7) is 22.9. The molecule has 0 spiro atoms. The van der Waals surface area contributed by atoms with Crippen molar-refractivity contribution in [3.8, 4) is 0 Å². The molecule has 0 aromatic carbocycles. The fourth-order valence-electron chi connectivity index (χ4n) is 5.24. The molecule has 1 N–H and O–H groups in total. The van der Waals surface area contributed by atoms with E-state index in [4.69, 9.17) is 16.1 Å². The number of alkyl carbamates (subject to hydrolysis) is 1. The zero-order valence-corrected chi connectivity index (χ0v) is 28.6. The normalized spacial score (nSPS) is 18.7. The summed E-state index contributed by atoms with van der Waals surface area (Å²) in [6, 6.07) is -0.755. The number of hydrogen-bond acceptors (Lipinski definition) is 4. The number of nitrogens with one attached hydrogen (secondary N) is 1. The van der Waals surface area contributed by atoms with Crippen molar-refractivity contribution < 1.29 is 19.1 Å². The minimum atomic E-state index is -2.35. The van der Waals surface area contributed by atoms with Gasteiger partial charge in [0.2, 0.25) is 0 Å². The average Bonchev–Trinajstić information content (AvgIpc) is 3.52. The number of ether oxygens (including phenoxy) is 2. The quantitative estimate of drug-likeness (QED) is 0.129. The van der Waals surface area contributed by atoms with Crippen LogP contribution in [-0.2, 0) is 14.3 Å². The number of esters is 1. The van der Waals surface area contributed by atoms with Crippen LogP contribution in [0.15, 0.2) is 10.2 Å². The van der Waals surface area contributed by atoms with E-state index in [2.05, 4.69) is 26.1 Å². The summed E-state index contributed by atoms with van der Waals surface area (Å²) in [7, 11) is 0. The van der Waals surface area contributed by atoms with Gasteiger partial charge < -0.3 is 0 Å². The first kappa shape index (κ1) is 34.3. The number of hydrogen-bond donors (Lipinski definition) is 1. The number of rotatable bonds is 17. The Hall–Kier alpha value is -0.721. The molecule has 37 heavy (non-hydrogen) atoms. The molecule has 1 saturated carbocycles. The third-order valence-corrected chi connectivity index (χ3v) is 23.9. The van der Waals surface area contributed by atoms with Gasteiger partial charge in [-0.2, -0.15) is 0 Å². The molecular weight excluding hydrogens is 569 g/mol. The second-order valence-corrected chi connectivity index (χ2v) is 27.1. The molecule has 0 unspecified atom stereocenters. The molecule has 1 aliphatic rings. The van der Waals surface area contributed by atoms with Crippen molar-refractivity contribution in [2.24, 2.45) is 11.3 Å². The fourth-order valence-corrected chi connectivity index (χ4v) is 21.2. The van der Waals surface area contributed by atoms with Gasteiger partial charge in [0, 0.05) is 0 Å². The van der Waals surface area contributed by atoms with Gasteiger partial charge in [-0.25, -0.2) is 0 Å². The van der Waals surface area contributed by atoms with Gasteiger partial charge in [0.1, 0.15) is 5.60 Å². The molecule has 1 aliphatic carbocycles. The summed E-state index contributed by atoms with van der Waals surface area (Å²) in [5.41, 5.74) is -1.08. The zero-order chi connectivity index (χ0) is 28.3. The van der Waals surface area contributed by atoms with Crippen molar-refractivity contribution in [2.45, 2.75) is 158 Å². The summed E-state index contributed by atoms with van der Waals surface area (Å²) in [5, 5.41) is 2.78. The van der Waals surface area contributed by atoms with E-state index in [0.29, 0.717) is 5.92 Å². The summed E-state index contributed by atoms with van der Waals surface area (Å²) in [6.07, 6.45) is 11.7. The van der Waals surface area contributed by atoms with E-state index < -0.39 is 47.5 Å². The van der Waals surface area contributed by atoms with Gasteiger partial charge in [-0.3, -0.25) is 0 Å². The predicted molar refractivity (Wildman–Crippen MR) is 158 cm³/mol. The monoisotopic (exact) mass is 629 g/mol. The third-order valence-electron chi connectivity index (χ3n) is 7.72. The molecule has 216 valence electrons. The van der Waals surface area contributed by atoms with Crippen LogP contribution in [-0.4, -0.2) is 48.2 Å². The van der Waals surface area contributed by atoms with Gasteiger partial charge in [-0.1, -0.05) is 0 Å². The summed E-state index contributed by atoms with van der Waals surface area (Å²) >= 11 is -2.35. The third kappa shape index (κ3) is 12.8. The molecule has 6 heteroatoms. The molecule has 1 amide bonds. The Balaban J connectivity index is 2.60. The van der Waals surface area contributed by atoms with Gasteiger partial charge in [-0.05, 0) is 20.8 Å². The van der Waals surface area contributed by atoms with Gasteiger partial charge in [-0.15, -0.1) is 0 Å². The standard InChI is InChI=1S/C19H32NO4.3C4H9.Sn/c1-8-9-10-11-13-12-14(13)23-17(22)20-15(18(2,3)4)16(21)24-19(5,6)7;3*1-3-4-2;/h13-15H,1,9-12H2,2-7H3,(H,20,22);3*1,3-4H2,2H3;/t13-,14-,15-;;;;/m1..../s1. The molecule has 0 aromatic heterocycles. The van der Waals surface area contributed by atoms with Crippen LogP contribution in [0.2, 0.25) is 13.3 Å². The first-order valence-electron chi connectivity index (χ1n) is 15.1. The SMILES string of the molecule is C=[C](CCC[C@@H]1C[C@H]1OC(=O)N[C@H](C(=O)OC(C)(C)C)C(C)(C)C)[Sn]([CH2]CCC)([CH2]CCC)[CH2]CCC. The van der Waals surface area contributed by atoms with Crippen LogP contribution in [0.5, 0.6) is 0 Å². The van der Waals surface area contributed by atoms with Gasteiger partial charge in [0.05, 0.1) is 0 Å². The molecule has 0 bridgehead atoms. The molecule has 0 aliphatic heterocycles. The Morgan fingerprint density at radius 3 is 1.86 bits per heavy atom. The van der Waals surface area contributed by atoms with Crippen molar-refractivity contribution in [1.82, 2.24) is 5.32 Å². The van der Waals surface area contributed by atoms with E-state index in [0.717, 1.165) is 25.7 Å². The summed E-state index contributed by atoms with van der Waals surface area (Å²) < 4.78 is 17.3. The minimum absolute atomic E-state index is 0.0407. The number of unbranched alkanes of at least 4 members (excludes halogenated alkanes) is 3. The Labute approximate surface area is 233 Å². The van der Waals surface area contributed by atoms with E-state index in [1.165, 1.54) is 51.8 Å². The number of carbonyl (C=O) groups excluding carboxylic acids is 2. The van der Waals surface area contributed by atoms with Crippen molar-refractivity contribution in [1.29, 1.82) is 0 Å². The molecule has 5 nitrogen and oxygen atoms in total. The van der Waals surface area contributed by atoms with Crippen LogP contribution in [0.4, 0.5) is 4.79 Å². The van der Waals surface area contributed by atoms with Crippen molar-refractivity contribution in [3.63, 3.8) is 0 Å². The number of allylic oxidation sites excluding steroid dienone is 1.